The summed E-state index contributed by atoms with van der Waals surface area (Å²) in [4.78, 5) is 5.13. The Labute approximate surface area is 290 Å². The third-order valence-corrected chi connectivity index (χ3v) is 11.0. The molecule has 1 aromatic heterocycles. The maximum atomic E-state index is 5.13. The molecule has 1 heteroatoms. The third-order valence-electron chi connectivity index (χ3n) is 11.0. The first-order chi connectivity index (χ1) is 23.5. The van der Waals surface area contributed by atoms with Gasteiger partial charge in [-0.2, -0.15) is 0 Å². The van der Waals surface area contributed by atoms with Crippen LogP contribution in [0.4, 0.5) is 0 Å². The molecule has 9 rings (SSSR count). The monoisotopic (exact) mass is 631 g/mol. The van der Waals surface area contributed by atoms with E-state index in [4.69, 9.17) is 4.98 Å². The normalized spacial score (nSPS) is 14.1. The molecule has 0 fully saturated rings. The first-order valence-corrected chi connectivity index (χ1v) is 17.5. The number of hydrogen-bond acceptors (Lipinski definition) is 1. The first-order valence-electron chi connectivity index (χ1n) is 17.5. The molecule has 49 heavy (non-hydrogen) atoms. The molecule has 1 heterocycles. The predicted molar refractivity (Wildman–Crippen MR) is 206 cm³/mol. The van der Waals surface area contributed by atoms with Crippen molar-refractivity contribution >= 4 is 10.9 Å². The van der Waals surface area contributed by atoms with Gasteiger partial charge < -0.3 is 0 Å². The van der Waals surface area contributed by atoms with Crippen LogP contribution in [0.5, 0.6) is 0 Å². The van der Waals surface area contributed by atoms with Crippen molar-refractivity contribution in [3.8, 4) is 44.6 Å². The van der Waals surface area contributed by atoms with E-state index in [1.165, 1.54) is 66.8 Å². The number of fused-ring (bicyclic) bond motifs is 11. The number of nitrogens with zero attached hydrogens (tertiary/aromatic N) is 1. The van der Waals surface area contributed by atoms with Gasteiger partial charge in [0.1, 0.15) is 0 Å². The van der Waals surface area contributed by atoms with Crippen molar-refractivity contribution < 1.29 is 0 Å². The second-order valence-corrected chi connectivity index (χ2v) is 16.1. The van der Waals surface area contributed by atoms with Gasteiger partial charge in [-0.05, 0) is 102 Å². The second-order valence-electron chi connectivity index (χ2n) is 16.1. The molecule has 0 bridgehead atoms. The van der Waals surface area contributed by atoms with E-state index in [1.54, 1.807) is 0 Å². The van der Waals surface area contributed by atoms with Crippen LogP contribution in [0, 0.1) is 0 Å². The van der Waals surface area contributed by atoms with E-state index in [1.807, 2.05) is 0 Å². The van der Waals surface area contributed by atoms with E-state index in [-0.39, 0.29) is 10.8 Å². The van der Waals surface area contributed by atoms with E-state index in [9.17, 15) is 0 Å². The van der Waals surface area contributed by atoms with Gasteiger partial charge in [-0.1, -0.05) is 157 Å². The average Bonchev–Trinajstić information content (AvgIpc) is 3.57. The molecule has 0 N–H and O–H groups in total. The van der Waals surface area contributed by atoms with Gasteiger partial charge in [-0.3, -0.25) is 0 Å². The van der Waals surface area contributed by atoms with E-state index in [0.29, 0.717) is 0 Å². The first kappa shape index (κ1) is 29.8. The highest BCUT2D eigenvalue weighted by Crippen LogP contribution is 2.63. The van der Waals surface area contributed by atoms with Crippen LogP contribution in [0.3, 0.4) is 0 Å². The van der Waals surface area contributed by atoms with Crippen LogP contribution in [0.1, 0.15) is 74.9 Å². The lowest BCUT2D eigenvalue weighted by atomic mass is 9.70. The Morgan fingerprint density at radius 1 is 0.408 bits per heavy atom. The van der Waals surface area contributed by atoms with Gasteiger partial charge in [0.25, 0.3) is 0 Å². The standard InChI is InChI=1S/C48H41N/c1-46(2,3)34-25-33(26-35(29-34)47(4,5)6)31-19-22-38-39-23-20-32(45-24-21-30-13-7-12-18-44(30)49-45)28-43(39)48(42(38)27-31)40-16-10-8-14-36(40)37-15-9-11-17-41(37)48/h7-29H,1-6H3. The topological polar surface area (TPSA) is 12.9 Å². The quantitative estimate of drug-likeness (QED) is 0.185. The molecule has 6 aromatic carbocycles. The van der Waals surface area contributed by atoms with Crippen molar-refractivity contribution in [2.24, 2.45) is 0 Å². The lowest BCUT2D eigenvalue weighted by molar-refractivity contribution is 0.569. The zero-order chi connectivity index (χ0) is 33.7. The zero-order valence-corrected chi connectivity index (χ0v) is 29.2. The zero-order valence-electron chi connectivity index (χ0n) is 29.2. The maximum absolute atomic E-state index is 5.13. The molecule has 0 saturated carbocycles. The molecule has 0 aliphatic heterocycles. The van der Waals surface area contributed by atoms with Crippen molar-refractivity contribution in [3.63, 3.8) is 0 Å². The molecule has 2 aliphatic rings. The Bertz CT molecular complexity index is 2390. The molecular formula is C48H41N. The predicted octanol–water partition coefficient (Wildman–Crippen LogP) is 12.5. The number of pyridine rings is 1. The Hall–Kier alpha value is -5.27. The summed E-state index contributed by atoms with van der Waals surface area (Å²) in [5.74, 6) is 0. The van der Waals surface area contributed by atoms with E-state index in [2.05, 4.69) is 181 Å². The third kappa shape index (κ3) is 4.41. The van der Waals surface area contributed by atoms with Crippen LogP contribution in [0.15, 0.2) is 140 Å². The summed E-state index contributed by atoms with van der Waals surface area (Å²) in [6.45, 7) is 13.9. The fourth-order valence-electron chi connectivity index (χ4n) is 8.37. The SMILES string of the molecule is CC(C)(C)c1cc(-c2ccc3c(c2)C2(c4ccccc4-c4ccccc42)c2cc(-c4ccc5ccccc5n4)ccc2-3)cc(C(C)(C)C)c1. The molecule has 0 saturated heterocycles. The maximum Gasteiger partial charge on any atom is 0.0725 e. The Balaban J connectivity index is 1.33. The van der Waals surface area contributed by atoms with Crippen LogP contribution in [-0.4, -0.2) is 4.98 Å². The Morgan fingerprint density at radius 3 is 1.53 bits per heavy atom. The fourth-order valence-corrected chi connectivity index (χ4v) is 8.37. The van der Waals surface area contributed by atoms with Crippen LogP contribution in [-0.2, 0) is 16.2 Å². The van der Waals surface area contributed by atoms with Gasteiger partial charge in [-0.15, -0.1) is 0 Å². The summed E-state index contributed by atoms with van der Waals surface area (Å²) in [7, 11) is 0. The highest BCUT2D eigenvalue weighted by Gasteiger charge is 2.51. The Morgan fingerprint density at radius 2 is 0.918 bits per heavy atom. The molecule has 7 aromatic rings. The molecular weight excluding hydrogens is 591 g/mol. The molecule has 0 amide bonds. The summed E-state index contributed by atoms with van der Waals surface area (Å²) >= 11 is 0. The molecule has 1 nitrogen and oxygen atoms in total. The van der Waals surface area contributed by atoms with Crippen LogP contribution in [0.25, 0.3) is 55.5 Å². The number of hydrogen-bond donors (Lipinski definition) is 0. The summed E-state index contributed by atoms with van der Waals surface area (Å²) < 4.78 is 0. The summed E-state index contributed by atoms with van der Waals surface area (Å²) in [5, 5.41) is 1.16. The van der Waals surface area contributed by atoms with Crippen LogP contribution < -0.4 is 0 Å². The highest BCUT2D eigenvalue weighted by atomic mass is 14.7. The van der Waals surface area contributed by atoms with Gasteiger partial charge in [0.15, 0.2) is 0 Å². The van der Waals surface area contributed by atoms with Crippen molar-refractivity contribution in [3.05, 3.63) is 173 Å². The molecule has 1 spiro atoms. The lowest BCUT2D eigenvalue weighted by Gasteiger charge is -2.31. The van der Waals surface area contributed by atoms with Gasteiger partial charge in [0, 0.05) is 10.9 Å². The number of benzene rings is 6. The smallest absolute Gasteiger partial charge is 0.0725 e. The number of rotatable bonds is 2. The molecule has 0 radical (unpaired) electrons. The summed E-state index contributed by atoms with van der Waals surface area (Å²) in [6, 6.07) is 52.4. The van der Waals surface area contributed by atoms with Crippen molar-refractivity contribution in [2.75, 3.05) is 0 Å². The van der Waals surface area contributed by atoms with E-state index < -0.39 is 5.41 Å². The molecule has 238 valence electrons. The van der Waals surface area contributed by atoms with Gasteiger partial charge in [-0.25, -0.2) is 4.98 Å². The van der Waals surface area contributed by atoms with Gasteiger partial charge in [0.05, 0.1) is 16.6 Å². The van der Waals surface area contributed by atoms with Gasteiger partial charge >= 0.3 is 0 Å². The summed E-state index contributed by atoms with van der Waals surface area (Å²) in [6.07, 6.45) is 0. The molecule has 0 atom stereocenters. The lowest BCUT2D eigenvalue weighted by Crippen LogP contribution is -2.26. The van der Waals surface area contributed by atoms with Crippen molar-refractivity contribution in [2.45, 2.75) is 57.8 Å². The minimum Gasteiger partial charge on any atom is -0.248 e. The largest absolute Gasteiger partial charge is 0.248 e. The van der Waals surface area contributed by atoms with E-state index >= 15 is 0 Å². The highest BCUT2D eigenvalue weighted by molar-refractivity contribution is 5.97. The van der Waals surface area contributed by atoms with E-state index in [0.717, 1.165) is 22.2 Å². The fraction of sp³-hybridized carbons (Fsp3) is 0.188. The molecule has 0 unspecified atom stereocenters. The van der Waals surface area contributed by atoms with Gasteiger partial charge in [0.2, 0.25) is 0 Å². The van der Waals surface area contributed by atoms with Crippen molar-refractivity contribution in [1.29, 1.82) is 0 Å². The second kappa shape index (κ2) is 10.4. The molecule has 2 aliphatic carbocycles. The van der Waals surface area contributed by atoms with Crippen molar-refractivity contribution in [1.82, 2.24) is 4.98 Å². The van der Waals surface area contributed by atoms with Crippen LogP contribution >= 0.6 is 0 Å². The van der Waals surface area contributed by atoms with Crippen LogP contribution in [0.2, 0.25) is 0 Å². The number of para-hydroxylation sites is 1. The average molecular weight is 632 g/mol. The Kier molecular flexibility index (Phi) is 6.31. The minimum absolute atomic E-state index is 0.0424. The number of aromatic nitrogens is 1. The summed E-state index contributed by atoms with van der Waals surface area (Å²) in [5.41, 5.74) is 18.8. The minimum atomic E-state index is -0.435.